The number of rotatable bonds is 15. The standard InChI is InChI=1S/C31H50N2O2.C6H10Cl2.C3H7NO2/c1-12-14-15-24(22-34)16-17-26(19-20-29(5,6)7)33-28(35)27(23(3)4)32-31(33,11)21-18-25(13-2)30(8,9)10;1-5(7)4-6(2,3)8;1-4-2-3(5)6/h12,14-17,22,25-26H,3,13,18-21H2,1-2,4-11H3;4H,1-3H3;4H,2H2,1H3,(H,5,6)/b14-12-,17-16-,24-15+;5-4+;. The average molecular weight is 725 g/mol. The first-order valence-electron chi connectivity index (χ1n) is 17.2. The van der Waals surface area contributed by atoms with Crippen molar-refractivity contribution < 1.29 is 19.5 Å². The molecule has 0 spiro atoms. The first-order valence-corrected chi connectivity index (χ1v) is 18.0. The van der Waals surface area contributed by atoms with Crippen LogP contribution in [0.4, 0.5) is 0 Å². The minimum absolute atomic E-state index is 0.0417. The summed E-state index contributed by atoms with van der Waals surface area (Å²) in [6.45, 7) is 31.3. The number of hydrogen-bond acceptors (Lipinski definition) is 5. The molecule has 0 aromatic rings. The van der Waals surface area contributed by atoms with Crippen molar-refractivity contribution in [2.75, 3.05) is 13.6 Å². The Morgan fingerprint density at radius 1 is 1.12 bits per heavy atom. The van der Waals surface area contributed by atoms with Gasteiger partial charge in [-0.1, -0.05) is 103 Å². The van der Waals surface area contributed by atoms with Crippen molar-refractivity contribution in [3.63, 3.8) is 0 Å². The molecule has 1 aliphatic heterocycles. The van der Waals surface area contributed by atoms with E-state index >= 15 is 0 Å². The number of allylic oxidation sites excluding steroid dienone is 7. The van der Waals surface area contributed by atoms with Crippen LogP contribution < -0.4 is 5.32 Å². The smallest absolute Gasteiger partial charge is 0.317 e. The third-order valence-electron chi connectivity index (χ3n) is 7.90. The molecule has 9 heteroatoms. The van der Waals surface area contributed by atoms with E-state index in [0.29, 0.717) is 22.8 Å². The first kappa shape index (κ1) is 48.6. The fourth-order valence-corrected chi connectivity index (χ4v) is 5.91. The van der Waals surface area contributed by atoms with Crippen LogP contribution in [0.25, 0.3) is 0 Å². The molecule has 3 atom stereocenters. The fourth-order valence-electron chi connectivity index (χ4n) is 5.41. The van der Waals surface area contributed by atoms with Crippen molar-refractivity contribution >= 4 is 47.1 Å². The third kappa shape index (κ3) is 21.4. The lowest BCUT2D eigenvalue weighted by atomic mass is 9.75. The summed E-state index contributed by atoms with van der Waals surface area (Å²) >= 11 is 11.3. The lowest BCUT2D eigenvalue weighted by Crippen LogP contribution is -2.51. The Labute approximate surface area is 309 Å². The molecule has 0 saturated carbocycles. The Balaban J connectivity index is 0. The number of nitrogens with zero attached hydrogens (tertiary/aromatic N) is 2. The molecule has 49 heavy (non-hydrogen) atoms. The molecule has 1 rings (SSSR count). The van der Waals surface area contributed by atoms with Crippen LogP contribution in [0.15, 0.2) is 64.2 Å². The Morgan fingerprint density at radius 3 is 2.02 bits per heavy atom. The molecule has 0 aliphatic carbocycles. The third-order valence-corrected chi connectivity index (χ3v) is 8.12. The molecule has 0 aromatic heterocycles. The molecule has 7 nitrogen and oxygen atoms in total. The number of nitrogens with one attached hydrogen (secondary N) is 1. The summed E-state index contributed by atoms with van der Waals surface area (Å²) in [6.07, 6.45) is 16.7. The maximum atomic E-state index is 13.7. The molecular formula is C40H67Cl2N3O4. The molecule has 1 heterocycles. The van der Waals surface area contributed by atoms with Gasteiger partial charge in [-0.05, 0) is 103 Å². The van der Waals surface area contributed by atoms with Crippen LogP contribution >= 0.6 is 23.2 Å². The predicted molar refractivity (Wildman–Crippen MR) is 212 cm³/mol. The number of carboxylic acids is 1. The van der Waals surface area contributed by atoms with E-state index in [1.807, 2.05) is 63.8 Å². The second kappa shape index (κ2) is 22.4. The lowest BCUT2D eigenvalue weighted by molar-refractivity contribution is -0.136. The van der Waals surface area contributed by atoms with Crippen LogP contribution in [-0.2, 0) is 14.4 Å². The van der Waals surface area contributed by atoms with Gasteiger partial charge in [0, 0.05) is 10.6 Å². The zero-order valence-corrected chi connectivity index (χ0v) is 34.5. The number of aliphatic carboxylic acids is 1. The van der Waals surface area contributed by atoms with Gasteiger partial charge in [0.25, 0.3) is 5.91 Å². The largest absolute Gasteiger partial charge is 0.480 e. The topological polar surface area (TPSA) is 99.1 Å². The molecule has 280 valence electrons. The van der Waals surface area contributed by atoms with E-state index in [1.54, 1.807) is 19.2 Å². The van der Waals surface area contributed by atoms with Crippen molar-refractivity contribution in [2.45, 2.75) is 139 Å². The molecule has 3 unspecified atom stereocenters. The van der Waals surface area contributed by atoms with Crippen LogP contribution in [-0.4, -0.2) is 64.1 Å². The summed E-state index contributed by atoms with van der Waals surface area (Å²) in [7, 11) is 1.59. The van der Waals surface area contributed by atoms with E-state index in [1.165, 1.54) is 0 Å². The minimum Gasteiger partial charge on any atom is -0.480 e. The van der Waals surface area contributed by atoms with Gasteiger partial charge in [-0.25, -0.2) is 0 Å². The number of aliphatic imine (C=N–C) groups is 1. The van der Waals surface area contributed by atoms with Crippen LogP contribution in [0.1, 0.15) is 122 Å². The van der Waals surface area contributed by atoms with E-state index < -0.39 is 11.6 Å². The van der Waals surface area contributed by atoms with Gasteiger partial charge in [-0.2, -0.15) is 0 Å². The average Bonchev–Trinajstić information content (AvgIpc) is 3.19. The number of carboxylic acid groups (broad SMARTS) is 1. The molecular weight excluding hydrogens is 657 g/mol. The summed E-state index contributed by atoms with van der Waals surface area (Å²) in [6, 6.07) is -0.170. The van der Waals surface area contributed by atoms with E-state index in [2.05, 4.69) is 67.3 Å². The van der Waals surface area contributed by atoms with Gasteiger partial charge in [-0.15, -0.1) is 11.6 Å². The SMILES string of the molecule is C/C(Cl)=C\C(C)(C)Cl.C=C(C)C1=NC(C)(CCC(CC)C(C)(C)C)N(C(\C=C/C(C=O)=C\C=C/C)CCC(C)(C)C)C1=O.CNCC(=O)O. The van der Waals surface area contributed by atoms with Crippen LogP contribution in [0.5, 0.6) is 0 Å². The van der Waals surface area contributed by atoms with Gasteiger partial charge in [-0.3, -0.25) is 19.4 Å². The Kier molecular flexibility index (Phi) is 22.2. The lowest BCUT2D eigenvalue weighted by Gasteiger charge is -2.41. The number of aldehydes is 1. The quantitative estimate of drug-likeness (QED) is 0.0758. The molecule has 1 amide bonds. The summed E-state index contributed by atoms with van der Waals surface area (Å²) in [4.78, 5) is 41.6. The normalized spacial score (nSPS) is 18.8. The van der Waals surface area contributed by atoms with Gasteiger partial charge in [0.05, 0.1) is 17.5 Å². The zero-order valence-electron chi connectivity index (χ0n) is 33.0. The number of carbonyl (C=O) groups excluding carboxylic acids is 2. The highest BCUT2D eigenvalue weighted by atomic mass is 35.5. The van der Waals surface area contributed by atoms with Gasteiger partial charge >= 0.3 is 5.97 Å². The number of carbonyl (C=O) groups is 3. The molecule has 0 fully saturated rings. The summed E-state index contributed by atoms with van der Waals surface area (Å²) in [5, 5.41) is 11.1. The second-order valence-electron chi connectivity index (χ2n) is 15.7. The van der Waals surface area contributed by atoms with Crippen molar-refractivity contribution in [1.82, 2.24) is 10.2 Å². The van der Waals surface area contributed by atoms with E-state index in [-0.39, 0.29) is 34.2 Å². The summed E-state index contributed by atoms with van der Waals surface area (Å²) in [5.41, 5.74) is 1.43. The molecule has 2 N–H and O–H groups in total. The van der Waals surface area contributed by atoms with Gasteiger partial charge in [0.2, 0.25) is 0 Å². The highest BCUT2D eigenvalue weighted by Crippen LogP contribution is 2.40. The Hall–Kier alpha value is -2.48. The van der Waals surface area contributed by atoms with E-state index in [9.17, 15) is 14.4 Å². The second-order valence-corrected chi connectivity index (χ2v) is 17.3. The van der Waals surface area contributed by atoms with Gasteiger partial charge < -0.3 is 15.3 Å². The van der Waals surface area contributed by atoms with E-state index in [0.717, 1.165) is 43.4 Å². The minimum atomic E-state index is -0.822. The van der Waals surface area contributed by atoms with Crippen molar-refractivity contribution in [2.24, 2.45) is 21.7 Å². The van der Waals surface area contributed by atoms with Crippen LogP contribution in [0, 0.1) is 16.7 Å². The van der Waals surface area contributed by atoms with Crippen molar-refractivity contribution in [3.05, 3.63) is 59.2 Å². The molecule has 1 aliphatic rings. The molecule has 0 bridgehead atoms. The number of amides is 1. The Morgan fingerprint density at radius 2 is 1.69 bits per heavy atom. The molecule has 0 aromatic carbocycles. The van der Waals surface area contributed by atoms with Crippen molar-refractivity contribution in [3.8, 4) is 0 Å². The molecule has 0 saturated heterocycles. The molecule has 0 radical (unpaired) electrons. The highest BCUT2D eigenvalue weighted by Gasteiger charge is 2.46. The highest BCUT2D eigenvalue weighted by molar-refractivity contribution is 6.46. The number of likely N-dealkylation sites (N-methyl/N-ethyl adjacent to an activating group) is 1. The predicted octanol–water partition coefficient (Wildman–Crippen LogP) is 10.3. The monoisotopic (exact) mass is 723 g/mol. The fraction of sp³-hybridized carbons (Fsp3) is 0.650. The first-order chi connectivity index (χ1) is 22.3. The summed E-state index contributed by atoms with van der Waals surface area (Å²) in [5.74, 6) is -0.343. The maximum Gasteiger partial charge on any atom is 0.317 e. The number of alkyl halides is 1. The van der Waals surface area contributed by atoms with Crippen LogP contribution in [0.3, 0.4) is 0 Å². The number of hydrogen-bond donors (Lipinski definition) is 2. The number of halogens is 2. The summed E-state index contributed by atoms with van der Waals surface area (Å²) < 4.78 is 0. The Bertz CT molecular complexity index is 1220. The van der Waals surface area contributed by atoms with E-state index in [4.69, 9.17) is 33.3 Å². The zero-order chi connectivity index (χ0) is 38.8. The maximum absolute atomic E-state index is 13.7. The van der Waals surface area contributed by atoms with Crippen molar-refractivity contribution in [1.29, 1.82) is 0 Å². The van der Waals surface area contributed by atoms with Crippen LogP contribution in [0.2, 0.25) is 0 Å². The van der Waals surface area contributed by atoms with Gasteiger partial charge in [0.1, 0.15) is 17.7 Å². The van der Waals surface area contributed by atoms with Gasteiger partial charge in [0.15, 0.2) is 0 Å².